The van der Waals surface area contributed by atoms with Gasteiger partial charge in [-0.1, -0.05) is 19.8 Å². The number of nitrogens with one attached hydrogen (secondary N) is 1. The van der Waals surface area contributed by atoms with Gasteiger partial charge in [0, 0.05) is 6.61 Å². The van der Waals surface area contributed by atoms with E-state index in [1.807, 2.05) is 6.92 Å². The molecule has 0 saturated heterocycles. The molecule has 0 aromatic carbocycles. The minimum absolute atomic E-state index is 0.276. The quantitative estimate of drug-likeness (QED) is 0.739. The van der Waals surface area contributed by atoms with Crippen LogP contribution in [0.1, 0.15) is 39.5 Å². The van der Waals surface area contributed by atoms with Crippen LogP contribution in [0.15, 0.2) is 0 Å². The molecule has 1 rings (SSSR count). The zero-order valence-electron chi connectivity index (χ0n) is 12.1. The number of rotatable bonds is 6. The summed E-state index contributed by atoms with van der Waals surface area (Å²) in [5, 5.41) is 2.98. The van der Waals surface area contributed by atoms with E-state index in [0.717, 1.165) is 12.5 Å². The largest absolute Gasteiger partial charge is 0.468 e. The monoisotopic (exact) mass is 257 g/mol. The molecule has 0 heterocycles. The molecule has 1 aliphatic rings. The molecule has 0 spiro atoms. The summed E-state index contributed by atoms with van der Waals surface area (Å²) in [6.45, 7) is 5.22. The van der Waals surface area contributed by atoms with Crippen LogP contribution in [0.3, 0.4) is 0 Å². The van der Waals surface area contributed by atoms with Crippen LogP contribution in [-0.2, 0) is 14.3 Å². The summed E-state index contributed by atoms with van der Waals surface area (Å²) in [4.78, 5) is 11.6. The molecule has 1 saturated carbocycles. The highest BCUT2D eigenvalue weighted by Crippen LogP contribution is 2.28. The summed E-state index contributed by atoms with van der Waals surface area (Å²) in [7, 11) is 3.16. The third-order valence-corrected chi connectivity index (χ3v) is 3.98. The smallest absolute Gasteiger partial charge is 0.328 e. The lowest BCUT2D eigenvalue weighted by molar-refractivity contribution is -0.150. The van der Waals surface area contributed by atoms with E-state index >= 15 is 0 Å². The lowest BCUT2D eigenvalue weighted by Gasteiger charge is -2.29. The molecule has 1 aliphatic carbocycles. The predicted molar refractivity (Wildman–Crippen MR) is 71.4 cm³/mol. The van der Waals surface area contributed by atoms with E-state index in [2.05, 4.69) is 12.2 Å². The molecular weight excluding hydrogens is 230 g/mol. The van der Waals surface area contributed by atoms with Gasteiger partial charge < -0.3 is 14.8 Å². The summed E-state index contributed by atoms with van der Waals surface area (Å²) >= 11 is 0. The molecule has 0 aromatic heterocycles. The second-order valence-corrected chi connectivity index (χ2v) is 5.73. The van der Waals surface area contributed by atoms with Gasteiger partial charge in [-0.2, -0.15) is 0 Å². The first-order valence-electron chi connectivity index (χ1n) is 6.87. The van der Waals surface area contributed by atoms with Crippen molar-refractivity contribution in [2.75, 3.05) is 27.4 Å². The Hall–Kier alpha value is -0.610. The number of carbonyl (C=O) groups excluding carboxylic acids is 1. The average molecular weight is 257 g/mol. The number of methoxy groups -OCH3 is 1. The molecule has 0 aromatic rings. The number of esters is 1. The maximum atomic E-state index is 11.6. The fourth-order valence-corrected chi connectivity index (χ4v) is 2.60. The van der Waals surface area contributed by atoms with Gasteiger partial charge in [0.25, 0.3) is 0 Å². The minimum Gasteiger partial charge on any atom is -0.468 e. The van der Waals surface area contributed by atoms with Gasteiger partial charge in [0.2, 0.25) is 0 Å². The topological polar surface area (TPSA) is 47.6 Å². The summed E-state index contributed by atoms with van der Waals surface area (Å²) in [5.41, 5.74) is -0.741. The van der Waals surface area contributed by atoms with Crippen LogP contribution in [0.5, 0.6) is 0 Å². The zero-order chi connectivity index (χ0) is 13.6. The standard InChI is InChI=1S/C14H27NO3/c1-11-6-5-7-12(8-11)9-18-10-14(2,15-3)13(16)17-4/h11-12,15H,5-10H2,1-4H3. The number of likely N-dealkylation sites (N-methyl/N-ethyl adjacent to an activating group) is 1. The molecule has 1 N–H and O–H groups in total. The van der Waals surface area contributed by atoms with Crippen molar-refractivity contribution in [3.63, 3.8) is 0 Å². The summed E-state index contributed by atoms with van der Waals surface area (Å²) in [6.07, 6.45) is 5.13. The van der Waals surface area contributed by atoms with E-state index < -0.39 is 5.54 Å². The van der Waals surface area contributed by atoms with Gasteiger partial charge >= 0.3 is 5.97 Å². The maximum absolute atomic E-state index is 11.6. The van der Waals surface area contributed by atoms with Gasteiger partial charge in [-0.05, 0) is 38.6 Å². The highest BCUT2D eigenvalue weighted by Gasteiger charge is 2.33. The van der Waals surface area contributed by atoms with Gasteiger partial charge in [0.05, 0.1) is 13.7 Å². The van der Waals surface area contributed by atoms with Crippen molar-refractivity contribution in [3.05, 3.63) is 0 Å². The molecule has 4 nitrogen and oxygen atoms in total. The molecule has 0 bridgehead atoms. The van der Waals surface area contributed by atoms with Gasteiger partial charge in [-0.25, -0.2) is 4.79 Å². The number of carbonyl (C=O) groups is 1. The van der Waals surface area contributed by atoms with Gasteiger partial charge in [-0.3, -0.25) is 0 Å². The van der Waals surface area contributed by atoms with Crippen molar-refractivity contribution in [2.45, 2.75) is 45.1 Å². The van der Waals surface area contributed by atoms with E-state index in [-0.39, 0.29) is 5.97 Å². The second kappa shape index (κ2) is 7.10. The van der Waals surface area contributed by atoms with Gasteiger partial charge in [-0.15, -0.1) is 0 Å². The summed E-state index contributed by atoms with van der Waals surface area (Å²) < 4.78 is 10.5. The van der Waals surface area contributed by atoms with E-state index in [4.69, 9.17) is 9.47 Å². The Bertz CT molecular complexity index is 270. The highest BCUT2D eigenvalue weighted by atomic mass is 16.5. The third kappa shape index (κ3) is 4.25. The minimum atomic E-state index is -0.741. The van der Waals surface area contributed by atoms with Gasteiger partial charge in [0.15, 0.2) is 0 Å². The summed E-state index contributed by atoms with van der Waals surface area (Å²) in [5.74, 6) is 1.18. The van der Waals surface area contributed by atoms with Gasteiger partial charge in [0.1, 0.15) is 5.54 Å². The average Bonchev–Trinajstić information content (AvgIpc) is 2.37. The fourth-order valence-electron chi connectivity index (χ4n) is 2.60. The Morgan fingerprint density at radius 3 is 2.72 bits per heavy atom. The Balaban J connectivity index is 2.33. The fraction of sp³-hybridized carbons (Fsp3) is 0.929. The van der Waals surface area contributed by atoms with E-state index in [9.17, 15) is 4.79 Å². The molecule has 3 unspecified atom stereocenters. The maximum Gasteiger partial charge on any atom is 0.328 e. The van der Waals surface area contributed by atoms with E-state index in [1.165, 1.54) is 32.8 Å². The van der Waals surface area contributed by atoms with Crippen molar-refractivity contribution < 1.29 is 14.3 Å². The SMILES string of the molecule is CNC(C)(COCC1CCCC(C)C1)C(=O)OC. The Kier molecular flexibility index (Phi) is 6.09. The molecule has 0 radical (unpaired) electrons. The molecular formula is C14H27NO3. The number of hydrogen-bond donors (Lipinski definition) is 1. The number of ether oxygens (including phenoxy) is 2. The zero-order valence-corrected chi connectivity index (χ0v) is 12.1. The Labute approximate surface area is 110 Å². The van der Waals surface area contributed by atoms with Crippen LogP contribution < -0.4 is 5.32 Å². The van der Waals surface area contributed by atoms with Crippen molar-refractivity contribution in [2.24, 2.45) is 11.8 Å². The second-order valence-electron chi connectivity index (χ2n) is 5.73. The first kappa shape index (κ1) is 15.4. The lowest BCUT2D eigenvalue weighted by atomic mass is 9.83. The molecule has 4 heteroatoms. The normalized spacial score (nSPS) is 27.6. The Morgan fingerprint density at radius 2 is 2.17 bits per heavy atom. The molecule has 1 fully saturated rings. The molecule has 106 valence electrons. The van der Waals surface area contributed by atoms with Crippen molar-refractivity contribution in [1.29, 1.82) is 0 Å². The molecule has 0 amide bonds. The lowest BCUT2D eigenvalue weighted by Crippen LogP contribution is -2.52. The molecule has 18 heavy (non-hydrogen) atoms. The van der Waals surface area contributed by atoms with Crippen LogP contribution in [0.25, 0.3) is 0 Å². The van der Waals surface area contributed by atoms with Crippen LogP contribution in [0, 0.1) is 11.8 Å². The van der Waals surface area contributed by atoms with E-state index in [0.29, 0.717) is 12.5 Å². The summed E-state index contributed by atoms with van der Waals surface area (Å²) in [6, 6.07) is 0. The van der Waals surface area contributed by atoms with Crippen molar-refractivity contribution >= 4 is 5.97 Å². The van der Waals surface area contributed by atoms with E-state index in [1.54, 1.807) is 7.05 Å². The first-order chi connectivity index (χ1) is 8.51. The van der Waals surface area contributed by atoms with Crippen LogP contribution >= 0.6 is 0 Å². The highest BCUT2D eigenvalue weighted by molar-refractivity contribution is 5.80. The van der Waals surface area contributed by atoms with Crippen LogP contribution in [-0.4, -0.2) is 38.9 Å². The predicted octanol–water partition coefficient (Wildman–Crippen LogP) is 1.98. The molecule has 3 atom stereocenters. The van der Waals surface area contributed by atoms with Crippen LogP contribution in [0.2, 0.25) is 0 Å². The third-order valence-electron chi connectivity index (χ3n) is 3.98. The van der Waals surface area contributed by atoms with Crippen molar-refractivity contribution in [1.82, 2.24) is 5.32 Å². The number of hydrogen-bond acceptors (Lipinski definition) is 4. The Morgan fingerprint density at radius 1 is 1.44 bits per heavy atom. The van der Waals surface area contributed by atoms with Crippen molar-refractivity contribution in [3.8, 4) is 0 Å². The molecule has 0 aliphatic heterocycles. The first-order valence-corrected chi connectivity index (χ1v) is 6.87. The van der Waals surface area contributed by atoms with Crippen LogP contribution in [0.4, 0.5) is 0 Å².